The van der Waals surface area contributed by atoms with Crippen molar-refractivity contribution in [2.45, 2.75) is 38.8 Å². The molecule has 0 aromatic heterocycles. The molecule has 0 spiro atoms. The van der Waals surface area contributed by atoms with Crippen LogP contribution in [-0.4, -0.2) is 24.1 Å². The van der Waals surface area contributed by atoms with Crippen LogP contribution < -0.4 is 21.1 Å². The van der Waals surface area contributed by atoms with E-state index < -0.39 is 6.10 Å². The summed E-state index contributed by atoms with van der Waals surface area (Å²) in [7, 11) is 0. The Kier molecular flexibility index (Phi) is 3.41. The van der Waals surface area contributed by atoms with Gasteiger partial charge in [0.15, 0.2) is 6.10 Å². The van der Waals surface area contributed by atoms with Gasteiger partial charge in [-0.15, -0.1) is 0 Å². The zero-order valence-corrected chi connectivity index (χ0v) is 11.6. The van der Waals surface area contributed by atoms with E-state index >= 15 is 0 Å². The summed E-state index contributed by atoms with van der Waals surface area (Å²) >= 11 is 0. The van der Waals surface area contributed by atoms with Crippen LogP contribution in [0.15, 0.2) is 18.2 Å². The average Bonchev–Trinajstić information content (AvgIpc) is 2.31. The number of carbonyl (C=O) groups excluding carboxylic acids is 1. The summed E-state index contributed by atoms with van der Waals surface area (Å²) in [6.07, 6.45) is 0.216. The molecule has 1 amide bonds. The summed E-state index contributed by atoms with van der Waals surface area (Å²) in [5.74, 6) is 0.628. The van der Waals surface area contributed by atoms with Crippen LogP contribution in [0, 0.1) is 0 Å². The fourth-order valence-electron chi connectivity index (χ4n) is 2.44. The van der Waals surface area contributed by atoms with Gasteiger partial charge < -0.3 is 21.1 Å². The quantitative estimate of drug-likeness (QED) is 0.810. The number of ether oxygens (including phenoxy) is 1. The van der Waals surface area contributed by atoms with Crippen molar-refractivity contribution in [1.29, 1.82) is 0 Å². The highest BCUT2D eigenvalue weighted by molar-refractivity contribution is 6.01. The minimum Gasteiger partial charge on any atom is -0.479 e. The predicted molar refractivity (Wildman–Crippen MR) is 76.2 cm³/mol. The van der Waals surface area contributed by atoms with E-state index in [-0.39, 0.29) is 11.4 Å². The third kappa shape index (κ3) is 2.38. The summed E-state index contributed by atoms with van der Waals surface area (Å²) in [5.41, 5.74) is 12.4. The van der Waals surface area contributed by atoms with E-state index in [1.807, 2.05) is 13.8 Å². The molecule has 1 aliphatic heterocycles. The normalized spacial score (nSPS) is 19.1. The van der Waals surface area contributed by atoms with E-state index in [1.165, 1.54) is 0 Å². The van der Waals surface area contributed by atoms with Gasteiger partial charge in [0.25, 0.3) is 5.91 Å². The lowest BCUT2D eigenvalue weighted by molar-refractivity contribution is -0.126. The fraction of sp³-hybridized carbons (Fsp3) is 0.500. The molecule has 1 aromatic rings. The van der Waals surface area contributed by atoms with Gasteiger partial charge in [0.1, 0.15) is 5.75 Å². The lowest BCUT2D eigenvalue weighted by Crippen LogP contribution is -2.55. The Balaban J connectivity index is 2.52. The van der Waals surface area contributed by atoms with Crippen molar-refractivity contribution in [2.24, 2.45) is 5.73 Å². The van der Waals surface area contributed by atoms with Gasteiger partial charge >= 0.3 is 0 Å². The SMILES string of the molecule is CC1Oc2ccc(N)cc2N(C(C)(C)CCN)C1=O. The summed E-state index contributed by atoms with van der Waals surface area (Å²) in [5, 5.41) is 0. The number of rotatable bonds is 3. The number of amides is 1. The number of nitrogens with two attached hydrogens (primary N) is 2. The molecular weight excluding hydrogens is 242 g/mol. The first-order valence-corrected chi connectivity index (χ1v) is 6.47. The molecule has 0 bridgehead atoms. The number of hydrogen-bond acceptors (Lipinski definition) is 4. The summed E-state index contributed by atoms with van der Waals surface area (Å²) < 4.78 is 5.62. The van der Waals surface area contributed by atoms with Gasteiger partial charge in [-0.3, -0.25) is 4.79 Å². The zero-order valence-electron chi connectivity index (χ0n) is 11.6. The number of nitrogens with zero attached hydrogens (tertiary/aromatic N) is 1. The molecule has 0 radical (unpaired) electrons. The minimum atomic E-state index is -0.492. The maximum atomic E-state index is 12.4. The van der Waals surface area contributed by atoms with Crippen LogP contribution in [0.1, 0.15) is 27.2 Å². The van der Waals surface area contributed by atoms with Gasteiger partial charge in [-0.05, 0) is 51.9 Å². The number of benzene rings is 1. The highest BCUT2D eigenvalue weighted by Gasteiger charge is 2.39. The van der Waals surface area contributed by atoms with Crippen LogP contribution >= 0.6 is 0 Å². The van der Waals surface area contributed by atoms with E-state index in [0.717, 1.165) is 5.69 Å². The smallest absolute Gasteiger partial charge is 0.268 e. The third-order valence-electron chi connectivity index (χ3n) is 3.46. The number of fused-ring (bicyclic) bond motifs is 1. The zero-order chi connectivity index (χ0) is 14.2. The minimum absolute atomic E-state index is 0.0587. The van der Waals surface area contributed by atoms with Crippen LogP contribution in [-0.2, 0) is 4.79 Å². The van der Waals surface area contributed by atoms with Gasteiger partial charge in [0, 0.05) is 11.2 Å². The van der Waals surface area contributed by atoms with Crippen LogP contribution in [0.4, 0.5) is 11.4 Å². The maximum absolute atomic E-state index is 12.4. The summed E-state index contributed by atoms with van der Waals surface area (Å²) in [6, 6.07) is 5.35. The Morgan fingerprint density at radius 3 is 2.74 bits per heavy atom. The fourth-order valence-corrected chi connectivity index (χ4v) is 2.44. The van der Waals surface area contributed by atoms with Crippen LogP contribution in [0.25, 0.3) is 0 Å². The molecule has 0 aliphatic carbocycles. The number of carbonyl (C=O) groups is 1. The molecule has 1 aliphatic rings. The predicted octanol–water partition coefficient (Wildman–Crippen LogP) is 1.51. The van der Waals surface area contributed by atoms with Crippen molar-refractivity contribution in [3.63, 3.8) is 0 Å². The molecule has 0 fully saturated rings. The van der Waals surface area contributed by atoms with E-state index in [2.05, 4.69) is 0 Å². The van der Waals surface area contributed by atoms with E-state index in [1.54, 1.807) is 30.0 Å². The molecule has 4 N–H and O–H groups in total. The van der Waals surface area contributed by atoms with E-state index in [0.29, 0.717) is 24.4 Å². The first-order chi connectivity index (χ1) is 8.86. The van der Waals surface area contributed by atoms with Crippen LogP contribution in [0.2, 0.25) is 0 Å². The largest absolute Gasteiger partial charge is 0.479 e. The standard InChI is InChI=1S/C14H21N3O2/c1-9-13(18)17(14(2,3)6-7-15)11-8-10(16)4-5-12(11)19-9/h4-5,8-9H,6-7,15-16H2,1-3H3. The van der Waals surface area contributed by atoms with Crippen LogP contribution in [0.3, 0.4) is 0 Å². The molecule has 1 atom stereocenters. The highest BCUT2D eigenvalue weighted by atomic mass is 16.5. The van der Waals surface area contributed by atoms with Crippen molar-refractivity contribution in [3.8, 4) is 5.75 Å². The van der Waals surface area contributed by atoms with Gasteiger partial charge in [0.05, 0.1) is 5.69 Å². The molecule has 104 valence electrons. The summed E-state index contributed by atoms with van der Waals surface area (Å²) in [6.45, 7) is 6.28. The Morgan fingerprint density at radius 2 is 2.11 bits per heavy atom. The Morgan fingerprint density at radius 1 is 1.42 bits per heavy atom. The number of nitrogen functional groups attached to an aromatic ring is 1. The first-order valence-electron chi connectivity index (χ1n) is 6.47. The average molecular weight is 263 g/mol. The molecule has 0 saturated carbocycles. The van der Waals surface area contributed by atoms with E-state index in [9.17, 15) is 4.79 Å². The number of hydrogen-bond donors (Lipinski definition) is 2. The van der Waals surface area contributed by atoms with Crippen molar-refractivity contribution in [3.05, 3.63) is 18.2 Å². The van der Waals surface area contributed by atoms with Crippen molar-refractivity contribution in [1.82, 2.24) is 0 Å². The number of anilines is 2. The molecule has 19 heavy (non-hydrogen) atoms. The molecule has 1 unspecified atom stereocenters. The molecule has 0 saturated heterocycles. The molecular formula is C14H21N3O2. The monoisotopic (exact) mass is 263 g/mol. The molecule has 1 aromatic carbocycles. The second-order valence-electron chi connectivity index (χ2n) is 5.51. The Bertz CT molecular complexity index is 499. The lowest BCUT2D eigenvalue weighted by Gasteiger charge is -2.43. The molecule has 5 heteroatoms. The lowest BCUT2D eigenvalue weighted by atomic mass is 9.95. The van der Waals surface area contributed by atoms with Crippen molar-refractivity contribution in [2.75, 3.05) is 17.2 Å². The van der Waals surface area contributed by atoms with Gasteiger partial charge in [-0.1, -0.05) is 0 Å². The molecule has 5 nitrogen and oxygen atoms in total. The second-order valence-corrected chi connectivity index (χ2v) is 5.51. The van der Waals surface area contributed by atoms with Crippen LogP contribution in [0.5, 0.6) is 5.75 Å². The van der Waals surface area contributed by atoms with Gasteiger partial charge in [-0.25, -0.2) is 0 Å². The Labute approximate surface area is 113 Å². The Hall–Kier alpha value is -1.75. The maximum Gasteiger partial charge on any atom is 0.268 e. The van der Waals surface area contributed by atoms with Gasteiger partial charge in [-0.2, -0.15) is 0 Å². The third-order valence-corrected chi connectivity index (χ3v) is 3.46. The highest BCUT2D eigenvalue weighted by Crippen LogP contribution is 2.40. The van der Waals surface area contributed by atoms with Gasteiger partial charge in [0.2, 0.25) is 0 Å². The van der Waals surface area contributed by atoms with E-state index in [4.69, 9.17) is 16.2 Å². The summed E-state index contributed by atoms with van der Waals surface area (Å²) in [4.78, 5) is 14.2. The molecule has 1 heterocycles. The van der Waals surface area contributed by atoms with Crippen molar-refractivity contribution < 1.29 is 9.53 Å². The first kappa shape index (κ1) is 13.7. The molecule has 2 rings (SSSR count). The topological polar surface area (TPSA) is 81.6 Å². The van der Waals surface area contributed by atoms with Crippen molar-refractivity contribution >= 4 is 17.3 Å². The second kappa shape index (κ2) is 4.74.